The van der Waals surface area contributed by atoms with E-state index >= 15 is 0 Å². The molecule has 0 unspecified atom stereocenters. The van der Waals surface area contributed by atoms with Gasteiger partial charge in [0, 0.05) is 17.2 Å². The van der Waals surface area contributed by atoms with E-state index in [1.165, 1.54) is 12.1 Å². The van der Waals surface area contributed by atoms with Gasteiger partial charge in [-0.1, -0.05) is 15.9 Å². The van der Waals surface area contributed by atoms with Crippen LogP contribution in [0.4, 0.5) is 10.2 Å². The lowest BCUT2D eigenvalue weighted by Crippen LogP contribution is -2.05. The number of anilines is 1. The molecule has 5 heteroatoms. The summed E-state index contributed by atoms with van der Waals surface area (Å²) in [6.07, 6.45) is 1.69. The Hall–Kier alpha value is -1.62. The summed E-state index contributed by atoms with van der Waals surface area (Å²) in [7, 11) is 0. The molecule has 0 amide bonds. The Morgan fingerprint density at radius 3 is 3.00 bits per heavy atom. The van der Waals surface area contributed by atoms with Gasteiger partial charge in [-0.15, -0.1) is 0 Å². The van der Waals surface area contributed by atoms with Crippen LogP contribution in [0.1, 0.15) is 12.5 Å². The van der Waals surface area contributed by atoms with Crippen molar-refractivity contribution in [1.82, 2.24) is 4.98 Å². The number of nitrogens with zero attached hydrogens (tertiary/aromatic N) is 1. The summed E-state index contributed by atoms with van der Waals surface area (Å²) < 4.78 is 19.5. The lowest BCUT2D eigenvalue weighted by Gasteiger charge is -2.11. The van der Waals surface area contributed by atoms with Crippen LogP contribution in [0.3, 0.4) is 0 Å². The Balaban J connectivity index is 2.12. The lowest BCUT2D eigenvalue weighted by molar-refractivity contribution is 0.340. The van der Waals surface area contributed by atoms with Crippen LogP contribution < -0.4 is 10.1 Å². The molecule has 0 radical (unpaired) electrons. The standard InChI is InChI=1S/C14H14BrFN2O/c1-2-19-13-4-3-7-17-14(13)18-9-10-8-11(16)5-6-12(10)15/h3-8H,2,9H2,1H3,(H,17,18). The van der Waals surface area contributed by atoms with E-state index in [-0.39, 0.29) is 5.82 Å². The second kappa shape index (κ2) is 6.52. The van der Waals surface area contributed by atoms with Crippen molar-refractivity contribution >= 4 is 21.7 Å². The molecule has 0 saturated carbocycles. The van der Waals surface area contributed by atoms with Crippen molar-refractivity contribution in [2.24, 2.45) is 0 Å². The van der Waals surface area contributed by atoms with Crippen LogP contribution in [-0.4, -0.2) is 11.6 Å². The lowest BCUT2D eigenvalue weighted by atomic mass is 10.2. The molecule has 0 atom stereocenters. The highest BCUT2D eigenvalue weighted by molar-refractivity contribution is 9.10. The quantitative estimate of drug-likeness (QED) is 0.902. The Labute approximate surface area is 119 Å². The molecule has 1 heterocycles. The van der Waals surface area contributed by atoms with Crippen molar-refractivity contribution in [3.05, 3.63) is 52.4 Å². The highest BCUT2D eigenvalue weighted by atomic mass is 79.9. The Morgan fingerprint density at radius 2 is 2.21 bits per heavy atom. The summed E-state index contributed by atoms with van der Waals surface area (Å²) in [6, 6.07) is 8.25. The van der Waals surface area contributed by atoms with Gasteiger partial charge in [-0.2, -0.15) is 0 Å². The number of ether oxygens (including phenoxy) is 1. The SMILES string of the molecule is CCOc1cccnc1NCc1cc(F)ccc1Br. The number of halogens is 2. The van der Waals surface area contributed by atoms with E-state index in [4.69, 9.17) is 4.74 Å². The molecular formula is C14H14BrFN2O. The van der Waals surface area contributed by atoms with Crippen molar-refractivity contribution in [1.29, 1.82) is 0 Å². The van der Waals surface area contributed by atoms with Crippen LogP contribution in [0, 0.1) is 5.82 Å². The second-order valence-corrected chi connectivity index (χ2v) is 4.73. The molecule has 3 nitrogen and oxygen atoms in total. The fourth-order valence-corrected chi connectivity index (χ4v) is 2.04. The zero-order valence-electron chi connectivity index (χ0n) is 10.5. The second-order valence-electron chi connectivity index (χ2n) is 3.87. The van der Waals surface area contributed by atoms with Crippen LogP contribution in [0.15, 0.2) is 41.0 Å². The Bertz CT molecular complexity index is 563. The normalized spacial score (nSPS) is 10.3. The number of rotatable bonds is 5. The number of hydrogen-bond acceptors (Lipinski definition) is 3. The predicted octanol–water partition coefficient (Wildman–Crippen LogP) is 3.99. The zero-order valence-corrected chi connectivity index (χ0v) is 12.1. The third-order valence-corrected chi connectivity index (χ3v) is 3.30. The van der Waals surface area contributed by atoms with Gasteiger partial charge in [0.05, 0.1) is 6.61 Å². The summed E-state index contributed by atoms with van der Waals surface area (Å²) in [6.45, 7) is 2.96. The maximum atomic E-state index is 13.2. The van der Waals surface area contributed by atoms with Gasteiger partial charge in [0.25, 0.3) is 0 Å². The van der Waals surface area contributed by atoms with Crippen LogP contribution in [0.5, 0.6) is 5.75 Å². The van der Waals surface area contributed by atoms with Crippen LogP contribution in [0.2, 0.25) is 0 Å². The topological polar surface area (TPSA) is 34.1 Å². The molecule has 0 spiro atoms. The van der Waals surface area contributed by atoms with Gasteiger partial charge in [0.15, 0.2) is 11.6 Å². The summed E-state index contributed by atoms with van der Waals surface area (Å²) in [5.74, 6) is 1.09. The Morgan fingerprint density at radius 1 is 1.37 bits per heavy atom. The van der Waals surface area contributed by atoms with E-state index in [2.05, 4.69) is 26.2 Å². The van der Waals surface area contributed by atoms with E-state index in [0.717, 1.165) is 10.0 Å². The summed E-state index contributed by atoms with van der Waals surface area (Å²) in [4.78, 5) is 4.22. The molecule has 100 valence electrons. The number of pyridine rings is 1. The molecule has 0 saturated heterocycles. The monoisotopic (exact) mass is 324 g/mol. The highest BCUT2D eigenvalue weighted by Crippen LogP contribution is 2.23. The minimum Gasteiger partial charge on any atom is -0.490 e. The maximum absolute atomic E-state index is 13.2. The predicted molar refractivity (Wildman–Crippen MR) is 76.8 cm³/mol. The third-order valence-electron chi connectivity index (χ3n) is 2.52. The molecule has 19 heavy (non-hydrogen) atoms. The van der Waals surface area contributed by atoms with E-state index in [0.29, 0.717) is 24.7 Å². The van der Waals surface area contributed by atoms with Gasteiger partial charge in [-0.3, -0.25) is 0 Å². The van der Waals surface area contributed by atoms with Crippen LogP contribution in [0.25, 0.3) is 0 Å². The Kier molecular flexibility index (Phi) is 4.74. The van der Waals surface area contributed by atoms with Gasteiger partial charge < -0.3 is 10.1 Å². The molecule has 1 aromatic carbocycles. The van der Waals surface area contributed by atoms with Gasteiger partial charge in [-0.05, 0) is 42.8 Å². The van der Waals surface area contributed by atoms with Crippen molar-refractivity contribution in [2.75, 3.05) is 11.9 Å². The van der Waals surface area contributed by atoms with E-state index in [1.807, 2.05) is 19.1 Å². The molecule has 2 rings (SSSR count). The minimum absolute atomic E-state index is 0.258. The first-order chi connectivity index (χ1) is 9.20. The molecule has 1 aromatic heterocycles. The average molecular weight is 325 g/mol. The van der Waals surface area contributed by atoms with Gasteiger partial charge in [0.1, 0.15) is 5.82 Å². The first-order valence-electron chi connectivity index (χ1n) is 5.96. The minimum atomic E-state index is -0.258. The van der Waals surface area contributed by atoms with Crippen molar-refractivity contribution < 1.29 is 9.13 Å². The smallest absolute Gasteiger partial charge is 0.169 e. The van der Waals surface area contributed by atoms with Crippen LogP contribution in [-0.2, 0) is 6.54 Å². The average Bonchev–Trinajstić information content (AvgIpc) is 2.42. The molecule has 0 fully saturated rings. The number of benzene rings is 1. The fraction of sp³-hybridized carbons (Fsp3) is 0.214. The number of hydrogen-bond donors (Lipinski definition) is 1. The molecular weight excluding hydrogens is 311 g/mol. The molecule has 0 bridgehead atoms. The van der Waals surface area contributed by atoms with Crippen LogP contribution >= 0.6 is 15.9 Å². The van der Waals surface area contributed by atoms with E-state index in [1.54, 1.807) is 12.3 Å². The van der Waals surface area contributed by atoms with Crippen molar-refractivity contribution in [3.63, 3.8) is 0 Å². The van der Waals surface area contributed by atoms with Crippen molar-refractivity contribution in [3.8, 4) is 5.75 Å². The maximum Gasteiger partial charge on any atom is 0.169 e. The fourth-order valence-electron chi connectivity index (χ4n) is 1.65. The number of aromatic nitrogens is 1. The van der Waals surface area contributed by atoms with Gasteiger partial charge in [0.2, 0.25) is 0 Å². The molecule has 2 aromatic rings. The third kappa shape index (κ3) is 3.67. The first-order valence-corrected chi connectivity index (χ1v) is 6.75. The summed E-state index contributed by atoms with van der Waals surface area (Å²) >= 11 is 3.39. The van der Waals surface area contributed by atoms with Crippen molar-refractivity contribution in [2.45, 2.75) is 13.5 Å². The number of nitrogens with one attached hydrogen (secondary N) is 1. The zero-order chi connectivity index (χ0) is 13.7. The van der Waals surface area contributed by atoms with Gasteiger partial charge in [-0.25, -0.2) is 9.37 Å². The molecule has 0 aliphatic rings. The summed E-state index contributed by atoms with van der Waals surface area (Å²) in [5.41, 5.74) is 0.827. The van der Waals surface area contributed by atoms with Gasteiger partial charge >= 0.3 is 0 Å². The highest BCUT2D eigenvalue weighted by Gasteiger charge is 2.06. The molecule has 0 aliphatic heterocycles. The summed E-state index contributed by atoms with van der Waals surface area (Å²) in [5, 5.41) is 3.15. The molecule has 1 N–H and O–H groups in total. The molecule has 0 aliphatic carbocycles. The largest absolute Gasteiger partial charge is 0.490 e. The van der Waals surface area contributed by atoms with E-state index in [9.17, 15) is 4.39 Å². The van der Waals surface area contributed by atoms with E-state index < -0.39 is 0 Å². The first kappa shape index (κ1) is 13.8.